The van der Waals surface area contributed by atoms with E-state index in [4.69, 9.17) is 4.98 Å². The number of hydrogen-bond acceptors (Lipinski definition) is 3. The Hall–Kier alpha value is -1.09. The molecule has 1 N–H and O–H groups in total. The number of hydrogen-bond donors (Lipinski definition) is 1. The molecular weight excluding hydrogens is 234 g/mol. The van der Waals surface area contributed by atoms with Crippen LogP contribution in [0, 0.1) is 5.92 Å². The van der Waals surface area contributed by atoms with Gasteiger partial charge in [0.05, 0.1) is 0 Å². The van der Waals surface area contributed by atoms with Crippen LogP contribution in [0.25, 0.3) is 0 Å². The summed E-state index contributed by atoms with van der Waals surface area (Å²) in [6, 6.07) is 4.91. The van der Waals surface area contributed by atoms with Crippen molar-refractivity contribution in [1.29, 1.82) is 0 Å². The van der Waals surface area contributed by atoms with Gasteiger partial charge in [0.15, 0.2) is 0 Å². The van der Waals surface area contributed by atoms with Crippen LogP contribution in [0.2, 0.25) is 0 Å². The van der Waals surface area contributed by atoms with E-state index in [1.807, 2.05) is 7.05 Å². The van der Waals surface area contributed by atoms with Crippen molar-refractivity contribution < 1.29 is 0 Å². The molecule has 1 aromatic heterocycles. The molecule has 1 atom stereocenters. The minimum absolute atomic E-state index is 0.516. The van der Waals surface area contributed by atoms with Crippen LogP contribution < -0.4 is 10.2 Å². The molecule has 1 heterocycles. The van der Waals surface area contributed by atoms with Crippen LogP contribution in [-0.2, 0) is 13.0 Å². The molecule has 0 spiro atoms. The van der Waals surface area contributed by atoms with Gasteiger partial charge in [-0.3, -0.25) is 0 Å². The molecule has 0 aromatic carbocycles. The number of nitrogens with one attached hydrogen (secondary N) is 1. The van der Waals surface area contributed by atoms with E-state index in [2.05, 4.69) is 57.1 Å². The Bertz CT molecular complexity index is 388. The van der Waals surface area contributed by atoms with Crippen molar-refractivity contribution in [1.82, 2.24) is 10.3 Å². The first-order chi connectivity index (χ1) is 8.97. The average molecular weight is 263 g/mol. The molecule has 3 heteroatoms. The Kier molecular flexibility index (Phi) is 6.29. The standard InChI is InChI=1S/C16H29N3/c1-7-15-9-14(11-17-5)10-16(18-15)19(6)13(4)8-12(2)3/h9-10,12-13,17H,7-8,11H2,1-6H3. The second-order valence-electron chi connectivity index (χ2n) is 5.80. The number of anilines is 1. The first-order valence-electron chi connectivity index (χ1n) is 7.35. The predicted molar refractivity (Wildman–Crippen MR) is 83.7 cm³/mol. The highest BCUT2D eigenvalue weighted by molar-refractivity contribution is 5.43. The maximum atomic E-state index is 4.76. The Morgan fingerprint density at radius 1 is 1.26 bits per heavy atom. The van der Waals surface area contributed by atoms with E-state index in [1.165, 1.54) is 17.7 Å². The quantitative estimate of drug-likeness (QED) is 0.818. The minimum atomic E-state index is 0.516. The van der Waals surface area contributed by atoms with Gasteiger partial charge in [0.1, 0.15) is 5.82 Å². The lowest BCUT2D eigenvalue weighted by molar-refractivity contribution is 0.501. The van der Waals surface area contributed by atoms with E-state index in [9.17, 15) is 0 Å². The van der Waals surface area contributed by atoms with Crippen molar-refractivity contribution in [2.45, 2.75) is 53.1 Å². The highest BCUT2D eigenvalue weighted by atomic mass is 15.2. The van der Waals surface area contributed by atoms with Gasteiger partial charge in [-0.05, 0) is 50.4 Å². The normalized spacial score (nSPS) is 12.8. The van der Waals surface area contributed by atoms with Gasteiger partial charge in [-0.1, -0.05) is 20.8 Å². The third-order valence-corrected chi connectivity index (χ3v) is 3.50. The molecule has 0 bridgehead atoms. The fourth-order valence-corrected chi connectivity index (χ4v) is 2.37. The summed E-state index contributed by atoms with van der Waals surface area (Å²) in [5.41, 5.74) is 2.49. The maximum absolute atomic E-state index is 4.76. The van der Waals surface area contributed by atoms with E-state index in [-0.39, 0.29) is 0 Å². The van der Waals surface area contributed by atoms with E-state index in [0.29, 0.717) is 12.0 Å². The summed E-state index contributed by atoms with van der Waals surface area (Å²) in [5, 5.41) is 3.22. The number of rotatable bonds is 7. The molecule has 3 nitrogen and oxygen atoms in total. The molecule has 0 amide bonds. The highest BCUT2D eigenvalue weighted by Gasteiger charge is 2.14. The third kappa shape index (κ3) is 4.83. The lowest BCUT2D eigenvalue weighted by Gasteiger charge is -2.28. The van der Waals surface area contributed by atoms with Gasteiger partial charge >= 0.3 is 0 Å². The van der Waals surface area contributed by atoms with Gasteiger partial charge in [-0.15, -0.1) is 0 Å². The second kappa shape index (κ2) is 7.49. The Labute approximate surface area is 118 Å². The van der Waals surface area contributed by atoms with Crippen molar-refractivity contribution in [2.75, 3.05) is 19.0 Å². The molecule has 1 aromatic rings. The van der Waals surface area contributed by atoms with Crippen molar-refractivity contribution in [2.24, 2.45) is 5.92 Å². The van der Waals surface area contributed by atoms with Gasteiger partial charge in [0.25, 0.3) is 0 Å². The van der Waals surface area contributed by atoms with Gasteiger partial charge in [0, 0.05) is 25.3 Å². The first kappa shape index (κ1) is 16.0. The van der Waals surface area contributed by atoms with Gasteiger partial charge < -0.3 is 10.2 Å². The largest absolute Gasteiger partial charge is 0.357 e. The molecule has 0 saturated carbocycles. The topological polar surface area (TPSA) is 28.2 Å². The molecule has 0 aliphatic carbocycles. The van der Waals surface area contributed by atoms with E-state index >= 15 is 0 Å². The molecule has 108 valence electrons. The lowest BCUT2D eigenvalue weighted by atomic mass is 10.0. The third-order valence-electron chi connectivity index (χ3n) is 3.50. The maximum Gasteiger partial charge on any atom is 0.129 e. The van der Waals surface area contributed by atoms with E-state index in [1.54, 1.807) is 0 Å². The SMILES string of the molecule is CCc1cc(CNC)cc(N(C)C(C)CC(C)C)n1. The fraction of sp³-hybridized carbons (Fsp3) is 0.688. The van der Waals surface area contributed by atoms with Crippen LogP contribution >= 0.6 is 0 Å². The number of aromatic nitrogens is 1. The van der Waals surface area contributed by atoms with E-state index in [0.717, 1.165) is 18.8 Å². The van der Waals surface area contributed by atoms with Gasteiger partial charge in [0.2, 0.25) is 0 Å². The molecule has 19 heavy (non-hydrogen) atoms. The summed E-state index contributed by atoms with van der Waals surface area (Å²) in [6.45, 7) is 9.87. The molecule has 0 aliphatic rings. The number of nitrogens with zero attached hydrogens (tertiary/aromatic N) is 2. The lowest BCUT2D eigenvalue weighted by Crippen LogP contribution is -2.31. The molecule has 0 radical (unpaired) electrons. The summed E-state index contributed by atoms with van der Waals surface area (Å²) in [5.74, 6) is 1.81. The molecule has 1 unspecified atom stereocenters. The Morgan fingerprint density at radius 3 is 2.47 bits per heavy atom. The zero-order valence-electron chi connectivity index (χ0n) is 13.3. The predicted octanol–water partition coefficient (Wildman–Crippen LogP) is 3.23. The molecule has 0 aliphatic heterocycles. The monoisotopic (exact) mass is 263 g/mol. The van der Waals surface area contributed by atoms with Gasteiger partial charge in [-0.2, -0.15) is 0 Å². The molecular formula is C16H29N3. The Balaban J connectivity index is 2.94. The van der Waals surface area contributed by atoms with Crippen LogP contribution in [0.4, 0.5) is 5.82 Å². The van der Waals surface area contributed by atoms with Crippen LogP contribution in [0.15, 0.2) is 12.1 Å². The summed E-state index contributed by atoms with van der Waals surface area (Å²) in [7, 11) is 4.13. The average Bonchev–Trinajstić information content (AvgIpc) is 2.37. The van der Waals surface area contributed by atoms with E-state index < -0.39 is 0 Å². The highest BCUT2D eigenvalue weighted by Crippen LogP contribution is 2.19. The van der Waals surface area contributed by atoms with Crippen LogP contribution in [0.1, 0.15) is 45.4 Å². The van der Waals surface area contributed by atoms with Crippen molar-refractivity contribution in [3.05, 3.63) is 23.4 Å². The number of pyridine rings is 1. The van der Waals surface area contributed by atoms with Crippen LogP contribution in [-0.4, -0.2) is 25.1 Å². The van der Waals surface area contributed by atoms with Crippen molar-refractivity contribution in [3.63, 3.8) is 0 Å². The van der Waals surface area contributed by atoms with Gasteiger partial charge in [-0.25, -0.2) is 4.98 Å². The molecule has 0 fully saturated rings. The molecule has 0 saturated heterocycles. The molecule has 1 rings (SSSR count). The first-order valence-corrected chi connectivity index (χ1v) is 7.35. The van der Waals surface area contributed by atoms with Crippen LogP contribution in [0.3, 0.4) is 0 Å². The minimum Gasteiger partial charge on any atom is -0.357 e. The zero-order valence-corrected chi connectivity index (χ0v) is 13.3. The van der Waals surface area contributed by atoms with Crippen molar-refractivity contribution in [3.8, 4) is 0 Å². The van der Waals surface area contributed by atoms with Crippen molar-refractivity contribution >= 4 is 5.82 Å². The number of aryl methyl sites for hydroxylation is 1. The summed E-state index contributed by atoms with van der Waals surface area (Å²) < 4.78 is 0. The zero-order chi connectivity index (χ0) is 14.4. The Morgan fingerprint density at radius 2 is 1.95 bits per heavy atom. The summed E-state index contributed by atoms with van der Waals surface area (Å²) in [6.07, 6.45) is 2.17. The summed E-state index contributed by atoms with van der Waals surface area (Å²) in [4.78, 5) is 7.06. The van der Waals surface area contributed by atoms with Crippen LogP contribution in [0.5, 0.6) is 0 Å². The second-order valence-corrected chi connectivity index (χ2v) is 5.80. The fourth-order valence-electron chi connectivity index (χ4n) is 2.37. The summed E-state index contributed by atoms with van der Waals surface area (Å²) >= 11 is 0. The smallest absolute Gasteiger partial charge is 0.129 e.